The van der Waals surface area contributed by atoms with Crippen molar-refractivity contribution in [1.82, 2.24) is 10.2 Å². The van der Waals surface area contributed by atoms with Crippen molar-refractivity contribution in [1.29, 1.82) is 0 Å². The molecule has 4 heteroatoms. The summed E-state index contributed by atoms with van der Waals surface area (Å²) >= 11 is 0. The predicted octanol–water partition coefficient (Wildman–Crippen LogP) is 1.78. The maximum absolute atomic E-state index is 11.8. The summed E-state index contributed by atoms with van der Waals surface area (Å²) in [5.41, 5.74) is 2.51. The van der Waals surface area contributed by atoms with E-state index in [2.05, 4.69) is 36.5 Å². The second kappa shape index (κ2) is 7.25. The van der Waals surface area contributed by atoms with Crippen molar-refractivity contribution in [2.24, 2.45) is 5.92 Å². The molecule has 1 N–H and O–H groups in total. The number of amides is 2. The third-order valence-corrected chi connectivity index (χ3v) is 4.08. The summed E-state index contributed by atoms with van der Waals surface area (Å²) < 4.78 is 0. The molecule has 4 nitrogen and oxygen atoms in total. The third-order valence-electron chi connectivity index (χ3n) is 4.08. The highest BCUT2D eigenvalue weighted by atomic mass is 16.2. The number of likely N-dealkylation sites (tertiary alicyclic amines) is 1. The second-order valence-corrected chi connectivity index (χ2v) is 5.82. The van der Waals surface area contributed by atoms with Crippen LogP contribution in [0.2, 0.25) is 0 Å². The number of carbonyl (C=O) groups is 2. The Morgan fingerprint density at radius 1 is 1.29 bits per heavy atom. The zero-order valence-electron chi connectivity index (χ0n) is 12.9. The topological polar surface area (TPSA) is 49.4 Å². The molecule has 114 valence electrons. The summed E-state index contributed by atoms with van der Waals surface area (Å²) in [6, 6.07) is 8.42. The largest absolute Gasteiger partial charge is 0.356 e. The van der Waals surface area contributed by atoms with Gasteiger partial charge in [0, 0.05) is 38.9 Å². The van der Waals surface area contributed by atoms with Gasteiger partial charge in [-0.3, -0.25) is 9.59 Å². The molecule has 0 bridgehead atoms. The van der Waals surface area contributed by atoms with E-state index in [1.807, 2.05) is 7.05 Å². The first-order valence-electron chi connectivity index (χ1n) is 7.67. The standard InChI is InChI=1S/C17H24N2O2/c1-3-13-4-6-14(7-5-13)8-9-16(20)18-11-15-10-17(21)19(2)12-15/h4-7,15H,3,8-12H2,1-2H3,(H,18,20). The molecule has 2 amide bonds. The molecule has 0 saturated carbocycles. The fourth-order valence-corrected chi connectivity index (χ4v) is 2.64. The van der Waals surface area contributed by atoms with Gasteiger partial charge in [0.1, 0.15) is 0 Å². The molecule has 1 aliphatic rings. The van der Waals surface area contributed by atoms with Crippen LogP contribution in [0.3, 0.4) is 0 Å². The lowest BCUT2D eigenvalue weighted by Gasteiger charge is -2.11. The monoisotopic (exact) mass is 288 g/mol. The van der Waals surface area contributed by atoms with E-state index in [4.69, 9.17) is 0 Å². The van der Waals surface area contributed by atoms with Crippen molar-refractivity contribution in [3.8, 4) is 0 Å². The van der Waals surface area contributed by atoms with Crippen molar-refractivity contribution in [2.75, 3.05) is 20.1 Å². The van der Waals surface area contributed by atoms with Crippen molar-refractivity contribution in [2.45, 2.75) is 32.6 Å². The predicted molar refractivity (Wildman–Crippen MR) is 82.9 cm³/mol. The van der Waals surface area contributed by atoms with Gasteiger partial charge in [-0.2, -0.15) is 0 Å². The van der Waals surface area contributed by atoms with Gasteiger partial charge in [-0.15, -0.1) is 0 Å². The van der Waals surface area contributed by atoms with Crippen LogP contribution < -0.4 is 5.32 Å². The Morgan fingerprint density at radius 2 is 1.95 bits per heavy atom. The van der Waals surface area contributed by atoms with Gasteiger partial charge in [-0.25, -0.2) is 0 Å². The lowest BCUT2D eigenvalue weighted by Crippen LogP contribution is -2.30. The van der Waals surface area contributed by atoms with E-state index in [9.17, 15) is 9.59 Å². The van der Waals surface area contributed by atoms with Crippen LogP contribution in [0.4, 0.5) is 0 Å². The van der Waals surface area contributed by atoms with E-state index >= 15 is 0 Å². The van der Waals surface area contributed by atoms with E-state index < -0.39 is 0 Å². The van der Waals surface area contributed by atoms with Crippen LogP contribution in [0, 0.1) is 5.92 Å². The molecule has 1 heterocycles. The Hall–Kier alpha value is -1.84. The summed E-state index contributed by atoms with van der Waals surface area (Å²) in [4.78, 5) is 25.0. The lowest BCUT2D eigenvalue weighted by atomic mass is 10.1. The Kier molecular flexibility index (Phi) is 5.37. The number of benzene rings is 1. The molecule has 0 spiro atoms. The van der Waals surface area contributed by atoms with Gasteiger partial charge in [0.15, 0.2) is 0 Å². The zero-order valence-corrected chi connectivity index (χ0v) is 12.9. The van der Waals surface area contributed by atoms with Crippen molar-refractivity contribution < 1.29 is 9.59 Å². The van der Waals surface area contributed by atoms with Crippen LogP contribution in [0.1, 0.15) is 30.9 Å². The van der Waals surface area contributed by atoms with Crippen LogP contribution in [-0.2, 0) is 22.4 Å². The van der Waals surface area contributed by atoms with E-state index in [0.29, 0.717) is 19.4 Å². The van der Waals surface area contributed by atoms with Crippen LogP contribution in [0.15, 0.2) is 24.3 Å². The Labute approximate surface area is 126 Å². The summed E-state index contributed by atoms with van der Waals surface area (Å²) in [6.07, 6.45) is 2.85. The van der Waals surface area contributed by atoms with Crippen LogP contribution >= 0.6 is 0 Å². The lowest BCUT2D eigenvalue weighted by molar-refractivity contribution is -0.126. The summed E-state index contributed by atoms with van der Waals surface area (Å²) in [6.45, 7) is 3.48. The van der Waals surface area contributed by atoms with Gasteiger partial charge in [0.2, 0.25) is 11.8 Å². The van der Waals surface area contributed by atoms with Gasteiger partial charge >= 0.3 is 0 Å². The van der Waals surface area contributed by atoms with Gasteiger partial charge in [-0.1, -0.05) is 31.2 Å². The van der Waals surface area contributed by atoms with Gasteiger partial charge in [0.05, 0.1) is 0 Å². The Morgan fingerprint density at radius 3 is 2.52 bits per heavy atom. The summed E-state index contributed by atoms with van der Waals surface area (Å²) in [5, 5.41) is 2.94. The molecule has 1 saturated heterocycles. The Balaban J connectivity index is 1.68. The van der Waals surface area contributed by atoms with Crippen molar-refractivity contribution in [3.63, 3.8) is 0 Å². The molecule has 1 aromatic carbocycles. The van der Waals surface area contributed by atoms with Gasteiger partial charge in [-0.05, 0) is 24.0 Å². The molecule has 1 aliphatic heterocycles. The highest BCUT2D eigenvalue weighted by Gasteiger charge is 2.26. The molecule has 21 heavy (non-hydrogen) atoms. The third kappa shape index (κ3) is 4.59. The first kappa shape index (κ1) is 15.5. The fraction of sp³-hybridized carbons (Fsp3) is 0.529. The van der Waals surface area contributed by atoms with Gasteiger partial charge < -0.3 is 10.2 Å². The average Bonchev–Trinajstić information content (AvgIpc) is 2.82. The minimum atomic E-state index is 0.0663. The van der Waals surface area contributed by atoms with Crippen LogP contribution in [0.25, 0.3) is 0 Å². The quantitative estimate of drug-likeness (QED) is 0.867. The number of nitrogens with zero attached hydrogens (tertiary/aromatic N) is 1. The van der Waals surface area contributed by atoms with Crippen molar-refractivity contribution >= 4 is 11.8 Å². The van der Waals surface area contributed by atoms with E-state index in [1.165, 1.54) is 11.1 Å². The number of aryl methyl sites for hydroxylation is 2. The molecule has 0 aromatic heterocycles. The molecule has 2 rings (SSSR count). The first-order chi connectivity index (χ1) is 10.1. The molecule has 1 unspecified atom stereocenters. The summed E-state index contributed by atoms with van der Waals surface area (Å²) in [5.74, 6) is 0.497. The molecule has 0 aliphatic carbocycles. The zero-order chi connectivity index (χ0) is 15.2. The number of hydrogen-bond donors (Lipinski definition) is 1. The highest BCUT2D eigenvalue weighted by molar-refractivity contribution is 5.79. The molecular formula is C17H24N2O2. The van der Waals surface area contributed by atoms with Crippen LogP contribution in [0.5, 0.6) is 0 Å². The second-order valence-electron chi connectivity index (χ2n) is 5.82. The van der Waals surface area contributed by atoms with E-state index in [0.717, 1.165) is 19.4 Å². The minimum absolute atomic E-state index is 0.0663. The minimum Gasteiger partial charge on any atom is -0.356 e. The van der Waals surface area contributed by atoms with E-state index in [1.54, 1.807) is 4.90 Å². The molecule has 1 atom stereocenters. The SMILES string of the molecule is CCc1ccc(CCC(=O)NCC2CC(=O)N(C)C2)cc1. The maximum Gasteiger partial charge on any atom is 0.222 e. The summed E-state index contributed by atoms with van der Waals surface area (Å²) in [7, 11) is 1.81. The molecule has 1 fully saturated rings. The average molecular weight is 288 g/mol. The van der Waals surface area contributed by atoms with Gasteiger partial charge in [0.25, 0.3) is 0 Å². The van der Waals surface area contributed by atoms with Crippen molar-refractivity contribution in [3.05, 3.63) is 35.4 Å². The number of rotatable bonds is 6. The molecule has 0 radical (unpaired) electrons. The Bertz CT molecular complexity index is 496. The molecular weight excluding hydrogens is 264 g/mol. The van der Waals surface area contributed by atoms with E-state index in [-0.39, 0.29) is 17.7 Å². The highest BCUT2D eigenvalue weighted by Crippen LogP contribution is 2.14. The maximum atomic E-state index is 11.8. The normalized spacial score (nSPS) is 18.1. The van der Waals surface area contributed by atoms with Crippen LogP contribution in [-0.4, -0.2) is 36.9 Å². The first-order valence-corrected chi connectivity index (χ1v) is 7.67. The number of hydrogen-bond acceptors (Lipinski definition) is 2. The smallest absolute Gasteiger partial charge is 0.222 e. The fourth-order valence-electron chi connectivity index (χ4n) is 2.64. The molecule has 1 aromatic rings. The number of carbonyl (C=O) groups excluding carboxylic acids is 2. The number of nitrogens with one attached hydrogen (secondary N) is 1.